The summed E-state index contributed by atoms with van der Waals surface area (Å²) < 4.78 is 235. The normalized spacial score (nSPS) is 16.8. The van der Waals surface area contributed by atoms with E-state index in [2.05, 4.69) is 0 Å². The molecule has 8 nitrogen and oxygen atoms in total. The molecule has 0 unspecified atom stereocenters. The highest BCUT2D eigenvalue weighted by Crippen LogP contribution is 2.58. The van der Waals surface area contributed by atoms with Gasteiger partial charge in [-0.2, -0.15) is 52.7 Å². The molecule has 0 N–H and O–H groups in total. The Morgan fingerprint density at radius 3 is 0.500 bits per heavy atom. The second-order valence-electron chi connectivity index (χ2n) is 5.69. The zero-order chi connectivity index (χ0) is 27.0. The van der Waals surface area contributed by atoms with E-state index in [0.717, 1.165) is 0 Å². The third-order valence-electron chi connectivity index (χ3n) is 4.09. The summed E-state index contributed by atoms with van der Waals surface area (Å²) in [6.45, 7) is -3.38. The van der Waals surface area contributed by atoms with Gasteiger partial charge < -0.3 is 0 Å². The number of sulfone groups is 4. The van der Waals surface area contributed by atoms with E-state index in [0.29, 0.717) is 0 Å². The topological polar surface area (TPSA) is 137 Å². The monoisotopic (exact) mass is 586 g/mol. The molecule has 0 aromatic heterocycles. The van der Waals surface area contributed by atoms with Crippen LogP contribution in [0.3, 0.4) is 0 Å². The smallest absolute Gasteiger partial charge is 0.218 e. The minimum absolute atomic E-state index is 1.69. The molecular formula is C8H6F12O8S4. The lowest BCUT2D eigenvalue weighted by Crippen LogP contribution is -2.74. The number of rotatable bonds is 5. The Bertz CT molecular complexity index is 995. The molecule has 0 aromatic carbocycles. The van der Waals surface area contributed by atoms with Crippen molar-refractivity contribution in [3.8, 4) is 0 Å². The van der Waals surface area contributed by atoms with E-state index in [4.69, 9.17) is 0 Å². The van der Waals surface area contributed by atoms with Crippen LogP contribution in [0.5, 0.6) is 0 Å². The summed E-state index contributed by atoms with van der Waals surface area (Å²) in [4.78, 5) is 0. The van der Waals surface area contributed by atoms with E-state index in [1.165, 1.54) is 0 Å². The molecule has 32 heavy (non-hydrogen) atoms. The molecule has 0 heterocycles. The van der Waals surface area contributed by atoms with Crippen molar-refractivity contribution in [3.63, 3.8) is 0 Å². The maximum Gasteiger partial charge on any atom is 0.499 e. The van der Waals surface area contributed by atoms with E-state index < -0.39 is 83.4 Å². The van der Waals surface area contributed by atoms with Gasteiger partial charge in [0.1, 0.15) is 0 Å². The van der Waals surface area contributed by atoms with Gasteiger partial charge in [0.25, 0.3) is 39.3 Å². The van der Waals surface area contributed by atoms with Crippen molar-refractivity contribution in [2.24, 2.45) is 0 Å². The molecule has 0 fully saturated rings. The molecule has 24 heteroatoms. The van der Waals surface area contributed by atoms with Crippen molar-refractivity contribution in [1.82, 2.24) is 0 Å². The van der Waals surface area contributed by atoms with Gasteiger partial charge in [0.15, 0.2) is 0 Å². The zero-order valence-electron chi connectivity index (χ0n) is 14.4. The van der Waals surface area contributed by atoms with Gasteiger partial charge in [-0.25, -0.2) is 33.7 Å². The van der Waals surface area contributed by atoms with Crippen LogP contribution in [0.25, 0.3) is 0 Å². The predicted molar refractivity (Wildman–Crippen MR) is 76.7 cm³/mol. The molecule has 0 aliphatic carbocycles. The van der Waals surface area contributed by atoms with Crippen LogP contribution in [-0.2, 0) is 39.3 Å². The number of hydrogen-bond donors (Lipinski definition) is 0. The van der Waals surface area contributed by atoms with Crippen molar-refractivity contribution in [3.05, 3.63) is 0 Å². The molecular weight excluding hydrogens is 580 g/mol. The molecule has 0 aromatic rings. The van der Waals surface area contributed by atoms with Gasteiger partial charge in [-0.15, -0.1) is 0 Å². The third kappa shape index (κ3) is 3.54. The molecule has 0 atom stereocenters. The molecule has 0 spiro atoms. The minimum Gasteiger partial charge on any atom is -0.218 e. The summed E-state index contributed by atoms with van der Waals surface area (Å²) in [5, 5.41) is 0. The first-order valence-electron chi connectivity index (χ1n) is 6.48. The molecule has 0 amide bonds. The maximum atomic E-state index is 13.0. The van der Waals surface area contributed by atoms with Crippen LogP contribution in [0.15, 0.2) is 0 Å². The summed E-state index contributed by atoms with van der Waals surface area (Å²) in [6, 6.07) is 0. The van der Waals surface area contributed by atoms with Crippen LogP contribution >= 0.6 is 0 Å². The standard InChI is InChI=1S/C8H6F12O8S4/c1-3(29(21,22)5(9,10)11,30(23,24)6(12,13)14)4(2,31(25,26)7(15,16)17)32(27,28)8(18,19)20/h1-2H3. The predicted octanol–water partition coefficient (Wildman–Crippen LogP) is 2.16. The van der Waals surface area contributed by atoms with Gasteiger partial charge in [-0.3, -0.25) is 0 Å². The Hall–Kier alpha value is -1.04. The van der Waals surface area contributed by atoms with E-state index in [-0.39, 0.29) is 0 Å². The lowest BCUT2D eigenvalue weighted by Gasteiger charge is -2.43. The van der Waals surface area contributed by atoms with Gasteiger partial charge in [-0.05, 0) is 13.8 Å². The molecule has 0 aliphatic heterocycles. The molecule has 0 saturated heterocycles. The summed E-state index contributed by atoms with van der Waals surface area (Å²) >= 11 is 0. The average Bonchev–Trinajstić information content (AvgIpc) is 2.47. The van der Waals surface area contributed by atoms with E-state index in [9.17, 15) is 86.4 Å². The summed E-state index contributed by atoms with van der Waals surface area (Å²) in [5.74, 6) is 0. The molecule has 0 rings (SSSR count). The van der Waals surface area contributed by atoms with Crippen molar-refractivity contribution >= 4 is 39.3 Å². The second-order valence-corrected chi connectivity index (χ2v) is 15.4. The highest BCUT2D eigenvalue weighted by Gasteiger charge is 2.88. The van der Waals surface area contributed by atoms with Gasteiger partial charge in [0.2, 0.25) is 8.16 Å². The first-order valence-corrected chi connectivity index (χ1v) is 12.4. The molecule has 0 radical (unpaired) electrons. The van der Waals surface area contributed by atoms with Crippen molar-refractivity contribution in [1.29, 1.82) is 0 Å². The SMILES string of the molecule is CC(C(C)(S(=O)(=O)C(F)(F)F)S(=O)(=O)C(F)(F)F)(S(=O)(=O)C(F)(F)F)S(=O)(=O)C(F)(F)F. The van der Waals surface area contributed by atoms with E-state index in [1.807, 2.05) is 0 Å². The van der Waals surface area contributed by atoms with Gasteiger partial charge in [0.05, 0.1) is 0 Å². The van der Waals surface area contributed by atoms with Gasteiger partial charge in [0, 0.05) is 0 Å². The quantitative estimate of drug-likeness (QED) is 0.448. The van der Waals surface area contributed by atoms with E-state index in [1.54, 1.807) is 0 Å². The highest BCUT2D eigenvalue weighted by molar-refractivity contribution is 8.18. The Morgan fingerprint density at radius 2 is 0.438 bits per heavy atom. The lowest BCUT2D eigenvalue weighted by atomic mass is 10.3. The second kappa shape index (κ2) is 7.23. The summed E-state index contributed by atoms with van der Waals surface area (Å²) in [5.41, 5.74) is -30.1. The highest BCUT2D eigenvalue weighted by atomic mass is 32.3. The number of hydrogen-bond acceptors (Lipinski definition) is 8. The number of halogens is 12. The summed E-state index contributed by atoms with van der Waals surface area (Å²) in [7, 11) is -34.8. The fourth-order valence-electron chi connectivity index (χ4n) is 2.15. The van der Waals surface area contributed by atoms with Gasteiger partial charge in [-0.1, -0.05) is 0 Å². The fraction of sp³-hybridized carbons (Fsp3) is 1.00. The van der Waals surface area contributed by atoms with Crippen molar-refractivity contribution in [2.45, 2.75) is 44.0 Å². The van der Waals surface area contributed by atoms with E-state index >= 15 is 0 Å². The van der Waals surface area contributed by atoms with Crippen LogP contribution in [0.1, 0.15) is 13.8 Å². The summed E-state index contributed by atoms with van der Waals surface area (Å²) in [6.07, 6.45) is 0. The molecule has 0 aliphatic rings. The Labute approximate surface area is 170 Å². The zero-order valence-corrected chi connectivity index (χ0v) is 17.7. The Kier molecular flexibility index (Phi) is 6.99. The Morgan fingerprint density at radius 1 is 0.344 bits per heavy atom. The van der Waals surface area contributed by atoms with Crippen LogP contribution in [-0.4, -0.2) is 63.9 Å². The van der Waals surface area contributed by atoms with Crippen LogP contribution in [0, 0.1) is 0 Å². The van der Waals surface area contributed by atoms with Crippen LogP contribution < -0.4 is 0 Å². The minimum atomic E-state index is -8.69. The fourth-order valence-corrected chi connectivity index (χ4v) is 11.9. The maximum absolute atomic E-state index is 13.0. The van der Waals surface area contributed by atoms with Crippen molar-refractivity contribution < 1.29 is 86.4 Å². The lowest BCUT2D eigenvalue weighted by molar-refractivity contribution is -0.0550. The molecule has 0 bridgehead atoms. The average molecular weight is 586 g/mol. The first-order chi connectivity index (χ1) is 13.2. The van der Waals surface area contributed by atoms with Crippen molar-refractivity contribution in [2.75, 3.05) is 0 Å². The Balaban J connectivity index is 8.84. The third-order valence-corrected chi connectivity index (χ3v) is 15.4. The van der Waals surface area contributed by atoms with Crippen LogP contribution in [0.4, 0.5) is 52.7 Å². The number of alkyl halides is 12. The first kappa shape index (κ1) is 31.0. The molecule has 194 valence electrons. The molecule has 0 saturated carbocycles. The van der Waals surface area contributed by atoms with Gasteiger partial charge >= 0.3 is 22.0 Å². The van der Waals surface area contributed by atoms with Crippen LogP contribution in [0.2, 0.25) is 0 Å². The largest absolute Gasteiger partial charge is 0.499 e.